The Balaban J connectivity index is 1.38. The molecule has 0 saturated carbocycles. The van der Waals surface area contributed by atoms with Gasteiger partial charge in [0, 0.05) is 10.9 Å². The average Bonchev–Trinajstić information content (AvgIpc) is 3.51. The Morgan fingerprint density at radius 1 is 1.03 bits per heavy atom. The molecule has 0 atom stereocenters. The molecule has 0 aliphatic carbocycles. The summed E-state index contributed by atoms with van der Waals surface area (Å²) in [6, 6.07) is 20.0. The monoisotopic (exact) mass is 539 g/mol. The van der Waals surface area contributed by atoms with E-state index < -0.39 is 24.5 Å². The minimum atomic E-state index is -0.714. The Labute approximate surface area is 226 Å². The van der Waals surface area contributed by atoms with Gasteiger partial charge in [-0.3, -0.25) is 4.79 Å². The number of ether oxygens (including phenoxy) is 2. The Bertz CT molecular complexity index is 1760. The fourth-order valence-corrected chi connectivity index (χ4v) is 5.24. The Morgan fingerprint density at radius 3 is 2.54 bits per heavy atom. The highest BCUT2D eigenvalue weighted by molar-refractivity contribution is 7.18. The second-order valence-electron chi connectivity index (χ2n) is 8.41. The van der Waals surface area contributed by atoms with Gasteiger partial charge >= 0.3 is 11.9 Å². The zero-order valence-electron chi connectivity index (χ0n) is 20.9. The normalized spacial score (nSPS) is 10.8. The first-order valence-electron chi connectivity index (χ1n) is 12.0. The number of carbonyl (C=O) groups excluding carboxylic acids is 3. The van der Waals surface area contributed by atoms with Crippen LogP contribution in [0.5, 0.6) is 0 Å². The number of aromatic nitrogens is 1. The molecule has 0 spiro atoms. The molecule has 0 radical (unpaired) electrons. The van der Waals surface area contributed by atoms with Crippen molar-refractivity contribution >= 4 is 56.1 Å². The van der Waals surface area contributed by atoms with E-state index in [1.54, 1.807) is 32.0 Å². The number of para-hydroxylation sites is 2. The van der Waals surface area contributed by atoms with Crippen LogP contribution in [-0.4, -0.2) is 36.0 Å². The molecule has 0 unspecified atom stereocenters. The van der Waals surface area contributed by atoms with Crippen molar-refractivity contribution in [1.82, 2.24) is 4.98 Å². The standard InChI is InChI=1S/C29H21N3O6S/c1-3-36-29(35)25-16(2)20(14-30)27(39-25)32-23(33)15-37-28(34)19-11-7-9-17-8-6-10-18(24(17)19)26-31-21-12-4-5-13-22(21)38-26/h4-13H,3,15H2,1-2H3,(H,32,33). The van der Waals surface area contributed by atoms with Crippen LogP contribution in [-0.2, 0) is 14.3 Å². The van der Waals surface area contributed by atoms with Crippen molar-refractivity contribution in [2.75, 3.05) is 18.5 Å². The van der Waals surface area contributed by atoms with Gasteiger partial charge in [0.1, 0.15) is 21.5 Å². The number of anilines is 1. The number of hydrogen-bond acceptors (Lipinski definition) is 9. The molecule has 9 nitrogen and oxygen atoms in total. The van der Waals surface area contributed by atoms with E-state index in [4.69, 9.17) is 13.9 Å². The van der Waals surface area contributed by atoms with Crippen molar-refractivity contribution < 1.29 is 28.3 Å². The van der Waals surface area contributed by atoms with Gasteiger partial charge in [0.05, 0.1) is 17.7 Å². The van der Waals surface area contributed by atoms with Gasteiger partial charge in [0.15, 0.2) is 12.2 Å². The van der Waals surface area contributed by atoms with E-state index in [-0.39, 0.29) is 27.6 Å². The second kappa shape index (κ2) is 10.8. The maximum atomic E-state index is 13.1. The number of rotatable bonds is 7. The van der Waals surface area contributed by atoms with Crippen LogP contribution < -0.4 is 5.32 Å². The predicted octanol–water partition coefficient (Wildman–Crippen LogP) is 5.86. The van der Waals surface area contributed by atoms with Gasteiger partial charge in [-0.1, -0.05) is 36.4 Å². The first-order chi connectivity index (χ1) is 18.9. The molecule has 194 valence electrons. The van der Waals surface area contributed by atoms with Gasteiger partial charge in [-0.25, -0.2) is 14.6 Å². The molecule has 5 rings (SSSR count). The summed E-state index contributed by atoms with van der Waals surface area (Å²) < 4.78 is 16.3. The average molecular weight is 540 g/mol. The van der Waals surface area contributed by atoms with Crippen LogP contribution in [0.2, 0.25) is 0 Å². The van der Waals surface area contributed by atoms with E-state index in [2.05, 4.69) is 10.3 Å². The number of carbonyl (C=O) groups is 3. The summed E-state index contributed by atoms with van der Waals surface area (Å²) in [6.07, 6.45) is 0. The molecule has 5 aromatic rings. The van der Waals surface area contributed by atoms with Crippen LogP contribution in [0.4, 0.5) is 5.00 Å². The topological polar surface area (TPSA) is 132 Å². The lowest BCUT2D eigenvalue weighted by Crippen LogP contribution is -2.21. The summed E-state index contributed by atoms with van der Waals surface area (Å²) in [6.45, 7) is 2.86. The third-order valence-corrected chi connectivity index (χ3v) is 7.14. The second-order valence-corrected chi connectivity index (χ2v) is 9.43. The van der Waals surface area contributed by atoms with Crippen molar-refractivity contribution in [1.29, 1.82) is 5.26 Å². The van der Waals surface area contributed by atoms with Gasteiger partial charge in [-0.15, -0.1) is 11.3 Å². The van der Waals surface area contributed by atoms with Gasteiger partial charge < -0.3 is 19.2 Å². The minimum Gasteiger partial charge on any atom is -0.462 e. The van der Waals surface area contributed by atoms with Gasteiger partial charge in [0.25, 0.3) is 5.91 Å². The van der Waals surface area contributed by atoms with E-state index in [9.17, 15) is 19.6 Å². The van der Waals surface area contributed by atoms with Gasteiger partial charge in [-0.05, 0) is 49.1 Å². The number of thiophene rings is 1. The number of oxazole rings is 1. The van der Waals surface area contributed by atoms with E-state index in [1.807, 2.05) is 48.5 Å². The van der Waals surface area contributed by atoms with Crippen molar-refractivity contribution in [3.63, 3.8) is 0 Å². The summed E-state index contributed by atoms with van der Waals surface area (Å²) in [4.78, 5) is 42.8. The van der Waals surface area contributed by atoms with Gasteiger partial charge in [0.2, 0.25) is 5.89 Å². The fraction of sp³-hybridized carbons (Fsp3) is 0.138. The predicted molar refractivity (Wildman–Crippen MR) is 146 cm³/mol. The lowest BCUT2D eigenvalue weighted by Gasteiger charge is -2.10. The number of nitrogens with zero attached hydrogens (tertiary/aromatic N) is 2. The van der Waals surface area contributed by atoms with Crippen molar-refractivity contribution in [3.8, 4) is 17.5 Å². The highest BCUT2D eigenvalue weighted by atomic mass is 32.1. The summed E-state index contributed by atoms with van der Waals surface area (Å²) in [5, 5.41) is 13.6. The van der Waals surface area contributed by atoms with E-state index in [0.717, 1.165) is 16.7 Å². The Hall–Kier alpha value is -5.01. The van der Waals surface area contributed by atoms with Crippen molar-refractivity contribution in [3.05, 3.63) is 82.2 Å². The molecule has 0 saturated heterocycles. The summed E-state index contributed by atoms with van der Waals surface area (Å²) >= 11 is 0.934. The molecule has 0 fully saturated rings. The summed E-state index contributed by atoms with van der Waals surface area (Å²) in [5.41, 5.74) is 2.73. The number of fused-ring (bicyclic) bond motifs is 2. The zero-order valence-corrected chi connectivity index (χ0v) is 21.8. The maximum Gasteiger partial charge on any atom is 0.348 e. The minimum absolute atomic E-state index is 0.153. The zero-order chi connectivity index (χ0) is 27.5. The molecule has 2 aromatic heterocycles. The number of benzene rings is 3. The van der Waals surface area contributed by atoms with Crippen LogP contribution in [0.25, 0.3) is 33.3 Å². The van der Waals surface area contributed by atoms with E-state index in [1.165, 1.54) is 0 Å². The largest absolute Gasteiger partial charge is 0.462 e. The molecule has 1 N–H and O–H groups in total. The van der Waals surface area contributed by atoms with Crippen LogP contribution in [0.1, 0.15) is 38.1 Å². The molecule has 0 aliphatic rings. The van der Waals surface area contributed by atoms with E-state index in [0.29, 0.717) is 33.5 Å². The molecule has 0 bridgehead atoms. The van der Waals surface area contributed by atoms with Gasteiger partial charge in [-0.2, -0.15) is 5.26 Å². The van der Waals surface area contributed by atoms with Crippen LogP contribution in [0.15, 0.2) is 65.1 Å². The summed E-state index contributed by atoms with van der Waals surface area (Å²) in [5.74, 6) is -1.59. The first-order valence-corrected chi connectivity index (χ1v) is 12.8. The molecule has 10 heteroatoms. The molecule has 3 aromatic carbocycles. The molecular weight excluding hydrogens is 518 g/mol. The summed E-state index contributed by atoms with van der Waals surface area (Å²) in [7, 11) is 0. The Morgan fingerprint density at radius 2 is 1.79 bits per heavy atom. The number of nitriles is 1. The van der Waals surface area contributed by atoms with Crippen LogP contribution in [0, 0.1) is 18.3 Å². The Kier molecular flexibility index (Phi) is 7.08. The highest BCUT2D eigenvalue weighted by Crippen LogP contribution is 2.34. The lowest BCUT2D eigenvalue weighted by molar-refractivity contribution is -0.119. The SMILES string of the molecule is CCOC(=O)c1sc(NC(=O)COC(=O)c2cccc3cccc(-c4nc5ccccc5o4)c23)c(C#N)c1C. The van der Waals surface area contributed by atoms with Crippen molar-refractivity contribution in [2.45, 2.75) is 13.8 Å². The third kappa shape index (κ3) is 4.95. The molecule has 0 aliphatic heterocycles. The molecular formula is C29H21N3O6S. The quantitative estimate of drug-likeness (QED) is 0.254. The highest BCUT2D eigenvalue weighted by Gasteiger charge is 2.23. The first kappa shape index (κ1) is 25.6. The molecule has 39 heavy (non-hydrogen) atoms. The number of nitrogens with one attached hydrogen (secondary N) is 1. The molecule has 2 heterocycles. The molecule has 1 amide bonds. The third-order valence-electron chi connectivity index (χ3n) is 5.96. The van der Waals surface area contributed by atoms with Crippen LogP contribution in [0.3, 0.4) is 0 Å². The smallest absolute Gasteiger partial charge is 0.348 e. The number of amides is 1. The lowest BCUT2D eigenvalue weighted by atomic mass is 9.99. The van der Waals surface area contributed by atoms with Crippen LogP contribution >= 0.6 is 11.3 Å². The number of esters is 2. The fourth-order valence-electron chi connectivity index (χ4n) is 4.18. The number of hydrogen-bond donors (Lipinski definition) is 1. The van der Waals surface area contributed by atoms with Crippen molar-refractivity contribution in [2.24, 2.45) is 0 Å². The van der Waals surface area contributed by atoms with E-state index >= 15 is 0 Å². The maximum absolute atomic E-state index is 13.1.